The van der Waals surface area contributed by atoms with Crippen LogP contribution in [0.3, 0.4) is 0 Å². The van der Waals surface area contributed by atoms with Crippen molar-refractivity contribution in [1.82, 2.24) is 0 Å². The quantitative estimate of drug-likeness (QED) is 0.346. The molecule has 5 heteroatoms. The second kappa shape index (κ2) is 11.4. The van der Waals surface area contributed by atoms with Crippen molar-refractivity contribution >= 4 is 11.9 Å². The van der Waals surface area contributed by atoms with E-state index in [-0.39, 0.29) is 65.7 Å². The normalized spacial score (nSPS) is 10.8. The molecule has 0 amide bonds. The predicted octanol–water partition coefficient (Wildman–Crippen LogP) is 0.419. The summed E-state index contributed by atoms with van der Waals surface area (Å²) in [5.41, 5.74) is -1.57. The Morgan fingerprint density at radius 2 is 1.39 bits per heavy atom. The zero-order valence-corrected chi connectivity index (χ0v) is 15.0. The van der Waals surface area contributed by atoms with E-state index in [1.54, 1.807) is 0 Å². The minimum atomic E-state index is -1.57. The van der Waals surface area contributed by atoms with Crippen LogP contribution in [-0.2, 0) is 9.59 Å². The van der Waals surface area contributed by atoms with Gasteiger partial charge in [-0.15, -0.1) is 0 Å². The topological polar surface area (TPSA) is 74.6 Å². The summed E-state index contributed by atoms with van der Waals surface area (Å²) in [6.45, 7) is 3.92. The molecule has 0 spiro atoms. The number of carbonyl (C=O) groups is 2. The largest absolute Gasteiger partial charge is 1.00 e. The number of unbranched alkanes of at least 4 members (excludes halogenated alkanes) is 4. The molecule has 0 aromatic heterocycles. The number of hydrogen-bond donors (Lipinski definition) is 2. The fourth-order valence-electron chi connectivity index (χ4n) is 2.10. The van der Waals surface area contributed by atoms with Gasteiger partial charge in [0.15, 0.2) is 5.41 Å². The molecule has 102 valence electrons. The number of carboxylic acid groups (broad SMARTS) is 2. The molecule has 0 aliphatic carbocycles. The maximum atomic E-state index is 11.2. The molecule has 0 unspecified atom stereocenters. The van der Waals surface area contributed by atoms with Gasteiger partial charge in [0.1, 0.15) is 0 Å². The van der Waals surface area contributed by atoms with E-state index in [9.17, 15) is 9.59 Å². The SMILES string of the molecule is CCCCCCCC(CCC)(C(=O)O)C(=O)O.[H-].[K+]. The molecule has 0 aliphatic rings. The Morgan fingerprint density at radius 1 is 0.889 bits per heavy atom. The number of aliphatic carboxylic acids is 2. The zero-order chi connectivity index (χ0) is 13.3. The van der Waals surface area contributed by atoms with Crippen LogP contribution >= 0.6 is 0 Å². The van der Waals surface area contributed by atoms with E-state index in [4.69, 9.17) is 10.2 Å². The molecule has 0 fully saturated rings. The second-order valence-electron chi connectivity index (χ2n) is 4.61. The average Bonchev–Trinajstić information content (AvgIpc) is 2.26. The van der Waals surface area contributed by atoms with Gasteiger partial charge < -0.3 is 11.6 Å². The Bertz CT molecular complexity index is 245. The third-order valence-corrected chi connectivity index (χ3v) is 3.20. The average molecular weight is 284 g/mol. The number of carboxylic acids is 2. The third-order valence-electron chi connectivity index (χ3n) is 3.20. The fourth-order valence-corrected chi connectivity index (χ4v) is 2.10. The van der Waals surface area contributed by atoms with E-state index in [2.05, 4.69) is 6.92 Å². The summed E-state index contributed by atoms with van der Waals surface area (Å²) in [7, 11) is 0. The Hall–Kier alpha value is 0.576. The summed E-state index contributed by atoms with van der Waals surface area (Å²) in [6.07, 6.45) is 5.93. The van der Waals surface area contributed by atoms with Gasteiger partial charge >= 0.3 is 63.3 Å². The Kier molecular flexibility index (Phi) is 13.2. The molecule has 0 saturated heterocycles. The van der Waals surface area contributed by atoms with Crippen LogP contribution in [0.1, 0.15) is 66.6 Å². The van der Waals surface area contributed by atoms with Gasteiger partial charge in [-0.3, -0.25) is 9.59 Å². The van der Waals surface area contributed by atoms with Gasteiger partial charge in [-0.1, -0.05) is 52.4 Å². The molecular weight excluding hydrogens is 259 g/mol. The summed E-state index contributed by atoms with van der Waals surface area (Å²) in [5.74, 6) is -2.38. The molecule has 2 N–H and O–H groups in total. The van der Waals surface area contributed by atoms with Crippen LogP contribution in [0.2, 0.25) is 0 Å². The Labute approximate surface area is 153 Å². The molecule has 4 nitrogen and oxygen atoms in total. The molecule has 0 bridgehead atoms. The summed E-state index contributed by atoms with van der Waals surface area (Å²) in [6, 6.07) is 0. The van der Waals surface area contributed by atoms with Crippen molar-refractivity contribution in [1.29, 1.82) is 0 Å². The molecular formula is C13H25KO4. The van der Waals surface area contributed by atoms with Gasteiger partial charge in [-0.05, 0) is 12.8 Å². The molecule has 0 aromatic rings. The fraction of sp³-hybridized carbons (Fsp3) is 0.846. The van der Waals surface area contributed by atoms with Crippen LogP contribution in [0.25, 0.3) is 0 Å². The number of rotatable bonds is 10. The van der Waals surface area contributed by atoms with Crippen LogP contribution < -0.4 is 51.4 Å². The Balaban J connectivity index is -0.00000128. The third kappa shape index (κ3) is 6.66. The van der Waals surface area contributed by atoms with Crippen LogP contribution in [0.15, 0.2) is 0 Å². The van der Waals surface area contributed by atoms with E-state index >= 15 is 0 Å². The zero-order valence-electron chi connectivity index (χ0n) is 12.9. The maximum Gasteiger partial charge on any atom is 1.00 e. The van der Waals surface area contributed by atoms with Gasteiger partial charge in [0.2, 0.25) is 0 Å². The van der Waals surface area contributed by atoms with Gasteiger partial charge in [0.25, 0.3) is 0 Å². The molecule has 0 atom stereocenters. The first-order chi connectivity index (χ1) is 8.01. The minimum absolute atomic E-state index is 0. The van der Waals surface area contributed by atoms with Crippen molar-refractivity contribution < 1.29 is 72.6 Å². The van der Waals surface area contributed by atoms with Gasteiger partial charge in [0, 0.05) is 0 Å². The first-order valence-electron chi connectivity index (χ1n) is 6.48. The molecule has 0 heterocycles. The van der Waals surface area contributed by atoms with Crippen molar-refractivity contribution in [3.8, 4) is 0 Å². The summed E-state index contributed by atoms with van der Waals surface area (Å²) < 4.78 is 0. The van der Waals surface area contributed by atoms with Crippen molar-refractivity contribution in [2.24, 2.45) is 5.41 Å². The van der Waals surface area contributed by atoms with Crippen LogP contribution in [0, 0.1) is 5.41 Å². The van der Waals surface area contributed by atoms with Crippen LogP contribution in [0.4, 0.5) is 0 Å². The smallest absolute Gasteiger partial charge is 1.00 e. The van der Waals surface area contributed by atoms with E-state index < -0.39 is 17.4 Å². The van der Waals surface area contributed by atoms with Crippen LogP contribution in [-0.4, -0.2) is 22.2 Å². The molecule has 0 radical (unpaired) electrons. The minimum Gasteiger partial charge on any atom is -1.00 e. The first-order valence-corrected chi connectivity index (χ1v) is 6.48. The molecule has 18 heavy (non-hydrogen) atoms. The van der Waals surface area contributed by atoms with E-state index in [0.29, 0.717) is 12.8 Å². The van der Waals surface area contributed by atoms with E-state index in [1.165, 1.54) is 0 Å². The monoisotopic (exact) mass is 284 g/mol. The maximum absolute atomic E-state index is 11.2. The van der Waals surface area contributed by atoms with Gasteiger partial charge in [-0.25, -0.2) is 0 Å². The Morgan fingerprint density at radius 3 is 1.78 bits per heavy atom. The summed E-state index contributed by atoms with van der Waals surface area (Å²) >= 11 is 0. The summed E-state index contributed by atoms with van der Waals surface area (Å²) in [4.78, 5) is 22.4. The van der Waals surface area contributed by atoms with Crippen molar-refractivity contribution in [3.05, 3.63) is 0 Å². The predicted molar refractivity (Wildman–Crippen MR) is 67.1 cm³/mol. The molecule has 0 aromatic carbocycles. The number of hydrogen-bond acceptors (Lipinski definition) is 2. The van der Waals surface area contributed by atoms with Crippen molar-refractivity contribution in [2.45, 2.75) is 65.2 Å². The van der Waals surface area contributed by atoms with Crippen molar-refractivity contribution in [2.75, 3.05) is 0 Å². The molecule has 0 aliphatic heterocycles. The van der Waals surface area contributed by atoms with Crippen molar-refractivity contribution in [3.63, 3.8) is 0 Å². The van der Waals surface area contributed by atoms with Crippen LogP contribution in [0.5, 0.6) is 0 Å². The van der Waals surface area contributed by atoms with E-state index in [0.717, 1.165) is 25.7 Å². The molecule has 0 saturated carbocycles. The standard InChI is InChI=1S/C13H24O4.K.H/c1-3-5-6-7-8-10-13(9-4-2,11(14)15)12(16)17;;/h3-10H2,1-2H3,(H,14,15)(H,16,17);;/q;+1;-1. The van der Waals surface area contributed by atoms with E-state index in [1.807, 2.05) is 6.92 Å². The summed E-state index contributed by atoms with van der Waals surface area (Å²) in [5, 5.41) is 18.3. The second-order valence-corrected chi connectivity index (χ2v) is 4.61. The molecule has 0 rings (SSSR count). The first kappa shape index (κ1) is 20.9. The van der Waals surface area contributed by atoms with Gasteiger partial charge in [0.05, 0.1) is 0 Å². The van der Waals surface area contributed by atoms with Gasteiger partial charge in [-0.2, -0.15) is 0 Å².